The quantitative estimate of drug-likeness (QED) is 0.253. The number of allylic oxidation sites excluding steroid dienone is 1. The second kappa shape index (κ2) is 7.98. The number of cyclic esters (lactones) is 1. The molecule has 0 aromatic heterocycles. The van der Waals surface area contributed by atoms with Gasteiger partial charge in [0, 0.05) is 29.6 Å². The van der Waals surface area contributed by atoms with Crippen molar-refractivity contribution in [1.82, 2.24) is 0 Å². The monoisotopic (exact) mass is 518 g/mol. The van der Waals surface area contributed by atoms with Gasteiger partial charge in [0.05, 0.1) is 24.5 Å². The highest BCUT2D eigenvalue weighted by Crippen LogP contribution is 2.72. The molecule has 3 saturated carbocycles. The van der Waals surface area contributed by atoms with Gasteiger partial charge in [0.25, 0.3) is 5.60 Å². The minimum atomic E-state index is -2.15. The van der Waals surface area contributed by atoms with E-state index in [1.165, 1.54) is 13.8 Å². The van der Waals surface area contributed by atoms with E-state index in [2.05, 4.69) is 6.58 Å². The Morgan fingerprint density at radius 2 is 1.59 bits per heavy atom. The Balaban J connectivity index is 1.97. The van der Waals surface area contributed by atoms with E-state index in [0.29, 0.717) is 5.57 Å². The van der Waals surface area contributed by atoms with Gasteiger partial charge in [0.1, 0.15) is 11.9 Å². The Kier molecular flexibility index (Phi) is 5.93. The molecule has 37 heavy (non-hydrogen) atoms. The van der Waals surface area contributed by atoms with E-state index in [1.54, 1.807) is 13.8 Å². The maximum absolute atomic E-state index is 14.0. The van der Waals surface area contributed by atoms with Crippen molar-refractivity contribution in [2.24, 2.45) is 39.4 Å². The number of aliphatic hydroxyl groups is 1. The first kappa shape index (κ1) is 27.5. The third-order valence-electron chi connectivity index (χ3n) is 10.8. The number of aliphatic hydroxyl groups excluding tert-OH is 1. The van der Waals surface area contributed by atoms with Crippen LogP contribution in [0.25, 0.3) is 0 Å². The van der Waals surface area contributed by atoms with Crippen LogP contribution in [0.1, 0.15) is 67.7 Å². The smallest absolute Gasteiger partial charge is 0.358 e. The molecular formula is C28H38O9. The predicted octanol–water partition coefficient (Wildman–Crippen LogP) is 2.57. The number of hydrogen-bond donors (Lipinski definition) is 1. The zero-order valence-electron chi connectivity index (χ0n) is 22.9. The van der Waals surface area contributed by atoms with Crippen molar-refractivity contribution >= 4 is 29.5 Å². The van der Waals surface area contributed by atoms with Crippen molar-refractivity contribution in [3.05, 3.63) is 12.2 Å². The lowest BCUT2D eigenvalue weighted by Gasteiger charge is -2.70. The van der Waals surface area contributed by atoms with Crippen LogP contribution in [0, 0.1) is 39.4 Å². The number of methoxy groups -OCH3 is 1. The van der Waals surface area contributed by atoms with Gasteiger partial charge in [-0.2, -0.15) is 0 Å². The molecule has 0 amide bonds. The minimum Gasteiger partial charge on any atom is -0.466 e. The normalized spacial score (nSPS) is 46.7. The Hall–Kier alpha value is -2.55. The van der Waals surface area contributed by atoms with Crippen LogP contribution in [0.3, 0.4) is 0 Å². The highest BCUT2D eigenvalue weighted by Gasteiger charge is 2.77. The SMILES string of the molecule is C=C1C[C@H]2[C@]3(C)[C@H](O)CC(=O)C(C)(C)[C@H]3C[C@H](OC(C)=O)[C@]2(C)[C@@H]2C(=O)O[C@](C)(C(=O)OC)C(=O)[C@]12C. The van der Waals surface area contributed by atoms with Crippen LogP contribution in [0.4, 0.5) is 0 Å². The molecule has 1 N–H and O–H groups in total. The number of carbonyl (C=O) groups excluding carboxylic acids is 5. The molecule has 4 fully saturated rings. The van der Waals surface area contributed by atoms with Gasteiger partial charge in [-0.25, -0.2) is 4.79 Å². The van der Waals surface area contributed by atoms with Crippen molar-refractivity contribution in [1.29, 1.82) is 0 Å². The number of Topliss-reactive ketones (excluding diaryl/α,β-unsaturated/α-hetero) is 2. The molecule has 9 heteroatoms. The lowest BCUT2D eigenvalue weighted by molar-refractivity contribution is -0.263. The van der Waals surface area contributed by atoms with Gasteiger partial charge < -0.3 is 19.3 Å². The second-order valence-electron chi connectivity index (χ2n) is 12.8. The first-order chi connectivity index (χ1) is 16.8. The molecular weight excluding hydrogens is 480 g/mol. The zero-order chi connectivity index (χ0) is 28.1. The van der Waals surface area contributed by atoms with Crippen molar-refractivity contribution in [3.63, 3.8) is 0 Å². The van der Waals surface area contributed by atoms with Crippen molar-refractivity contribution < 1.29 is 43.3 Å². The Bertz CT molecular complexity index is 1120. The molecule has 204 valence electrons. The number of ketones is 2. The molecule has 0 radical (unpaired) electrons. The summed E-state index contributed by atoms with van der Waals surface area (Å²) in [6.45, 7) is 15.7. The molecule has 9 nitrogen and oxygen atoms in total. The Morgan fingerprint density at radius 3 is 2.14 bits per heavy atom. The van der Waals surface area contributed by atoms with Gasteiger partial charge in [-0.15, -0.1) is 0 Å². The molecule has 4 aliphatic rings. The standard InChI is InChI=1S/C28H38O9/c1-13-10-16-26(6)15(24(3,4)17(30)12-18(26)31)11-19(36-14(2)29)27(16,7)20-21(32)37-28(8,23(34)35-9)22(33)25(13,20)5/h15-16,18-20,31H,1,10-12H2,2-9H3/t15-,16+,18-,19+,20-,25-,26-,27-,28+/m1/s1. The molecule has 1 heterocycles. The second-order valence-corrected chi connectivity index (χ2v) is 12.8. The van der Waals surface area contributed by atoms with Crippen LogP contribution in [0.2, 0.25) is 0 Å². The first-order valence-corrected chi connectivity index (χ1v) is 12.8. The number of carbonyl (C=O) groups is 5. The fraction of sp³-hybridized carbons (Fsp3) is 0.750. The van der Waals surface area contributed by atoms with Gasteiger partial charge >= 0.3 is 17.9 Å². The van der Waals surface area contributed by atoms with Crippen molar-refractivity contribution in [2.75, 3.05) is 7.11 Å². The summed E-state index contributed by atoms with van der Waals surface area (Å²) in [5, 5.41) is 11.4. The summed E-state index contributed by atoms with van der Waals surface area (Å²) >= 11 is 0. The molecule has 0 bridgehead atoms. The fourth-order valence-corrected chi connectivity index (χ4v) is 8.65. The average Bonchev–Trinajstić information content (AvgIpc) is 2.79. The molecule has 3 aliphatic carbocycles. The predicted molar refractivity (Wildman–Crippen MR) is 130 cm³/mol. The van der Waals surface area contributed by atoms with Gasteiger partial charge in [-0.1, -0.05) is 39.8 Å². The van der Waals surface area contributed by atoms with E-state index >= 15 is 0 Å². The summed E-state index contributed by atoms with van der Waals surface area (Å²) < 4.78 is 16.3. The van der Waals surface area contributed by atoms with E-state index in [9.17, 15) is 29.1 Å². The molecule has 0 aromatic carbocycles. The van der Waals surface area contributed by atoms with E-state index in [-0.39, 0.29) is 31.0 Å². The van der Waals surface area contributed by atoms with Crippen LogP contribution >= 0.6 is 0 Å². The molecule has 9 atom stereocenters. The Morgan fingerprint density at radius 1 is 1.00 bits per heavy atom. The van der Waals surface area contributed by atoms with Crippen LogP contribution < -0.4 is 0 Å². The summed E-state index contributed by atoms with van der Waals surface area (Å²) in [4.78, 5) is 66.0. The topological polar surface area (TPSA) is 133 Å². The number of ether oxygens (including phenoxy) is 3. The summed E-state index contributed by atoms with van der Waals surface area (Å²) in [6, 6.07) is 0. The van der Waals surface area contributed by atoms with Crippen LogP contribution in [-0.4, -0.2) is 59.5 Å². The van der Waals surface area contributed by atoms with E-state index in [1.807, 2.05) is 20.8 Å². The van der Waals surface area contributed by atoms with Crippen LogP contribution in [0.15, 0.2) is 12.2 Å². The van der Waals surface area contributed by atoms with E-state index in [0.717, 1.165) is 7.11 Å². The highest BCUT2D eigenvalue weighted by atomic mass is 16.6. The van der Waals surface area contributed by atoms with E-state index < -0.39 is 75.0 Å². The van der Waals surface area contributed by atoms with Crippen molar-refractivity contribution in [3.8, 4) is 0 Å². The third-order valence-corrected chi connectivity index (χ3v) is 10.8. The zero-order valence-corrected chi connectivity index (χ0v) is 22.9. The average molecular weight is 519 g/mol. The largest absolute Gasteiger partial charge is 0.466 e. The number of rotatable bonds is 2. The van der Waals surface area contributed by atoms with Gasteiger partial charge in [0.2, 0.25) is 0 Å². The third kappa shape index (κ3) is 3.15. The summed E-state index contributed by atoms with van der Waals surface area (Å²) in [6.07, 6.45) is -1.46. The molecule has 0 aromatic rings. The number of fused-ring (bicyclic) bond motifs is 5. The maximum Gasteiger partial charge on any atom is 0.358 e. The van der Waals surface area contributed by atoms with Gasteiger partial charge in [-0.05, 0) is 38.5 Å². The first-order valence-electron chi connectivity index (χ1n) is 12.8. The fourth-order valence-electron chi connectivity index (χ4n) is 8.65. The lowest BCUT2D eigenvalue weighted by Crippen LogP contribution is -2.75. The molecule has 0 unspecified atom stereocenters. The summed E-state index contributed by atoms with van der Waals surface area (Å²) in [7, 11) is 1.11. The summed E-state index contributed by atoms with van der Waals surface area (Å²) in [5.74, 6) is -5.06. The summed E-state index contributed by atoms with van der Waals surface area (Å²) in [5.41, 5.74) is -6.09. The highest BCUT2D eigenvalue weighted by molar-refractivity contribution is 6.15. The molecule has 1 saturated heterocycles. The number of hydrogen-bond acceptors (Lipinski definition) is 9. The number of esters is 3. The lowest BCUT2D eigenvalue weighted by atomic mass is 9.34. The van der Waals surface area contributed by atoms with Gasteiger partial charge in [-0.3, -0.25) is 19.2 Å². The minimum absolute atomic E-state index is 0.0387. The molecule has 1 aliphatic heterocycles. The van der Waals surface area contributed by atoms with Crippen molar-refractivity contribution in [2.45, 2.75) is 85.5 Å². The van der Waals surface area contributed by atoms with Crippen LogP contribution in [0.5, 0.6) is 0 Å². The van der Waals surface area contributed by atoms with Gasteiger partial charge in [0.15, 0.2) is 5.78 Å². The Labute approximate surface area is 217 Å². The van der Waals surface area contributed by atoms with E-state index in [4.69, 9.17) is 14.2 Å². The van der Waals surface area contributed by atoms with Crippen LogP contribution in [-0.2, 0) is 38.2 Å². The molecule has 0 spiro atoms. The maximum atomic E-state index is 14.0. The molecule has 4 rings (SSSR count).